The lowest BCUT2D eigenvalue weighted by molar-refractivity contribution is -0.141. The van der Waals surface area contributed by atoms with Crippen LogP contribution in [0.25, 0.3) is 0 Å². The molecule has 240 valence electrons. The van der Waals surface area contributed by atoms with Gasteiger partial charge in [0.1, 0.15) is 12.6 Å². The van der Waals surface area contributed by atoms with E-state index in [0.29, 0.717) is 27.7 Å². The Balaban J connectivity index is 1.42. The molecule has 0 aromatic heterocycles. The van der Waals surface area contributed by atoms with Gasteiger partial charge in [0.25, 0.3) is 0 Å². The van der Waals surface area contributed by atoms with Crippen molar-refractivity contribution in [3.05, 3.63) is 63.6 Å². The first-order valence-corrected chi connectivity index (χ1v) is 18.3. The normalized spacial score (nSPS) is 25.0. The first-order chi connectivity index (χ1) is 20.6. The molecule has 0 heterocycles. The Hall–Kier alpha value is -2.29. The van der Waals surface area contributed by atoms with Gasteiger partial charge in [-0.1, -0.05) is 48.3 Å². The number of carbonyl (C=O) groups is 2. The molecule has 0 unspecified atom stereocenters. The van der Waals surface area contributed by atoms with Gasteiger partial charge in [-0.05, 0) is 124 Å². The third-order valence-corrected chi connectivity index (χ3v) is 11.5. The summed E-state index contributed by atoms with van der Waals surface area (Å²) in [7, 11) is -3.83. The Kier molecular flexibility index (Phi) is 9.39. The fourth-order valence-corrected chi connectivity index (χ4v) is 9.58. The average Bonchev–Trinajstić information content (AvgIpc) is 2.90. The predicted molar refractivity (Wildman–Crippen MR) is 177 cm³/mol. The summed E-state index contributed by atoms with van der Waals surface area (Å²) in [6, 6.07) is 12.0. The van der Waals surface area contributed by atoms with E-state index >= 15 is 0 Å². The molecule has 2 amide bonds. The molecule has 6 rings (SSSR count). The Labute approximate surface area is 272 Å². The van der Waals surface area contributed by atoms with Gasteiger partial charge in [-0.25, -0.2) is 8.42 Å². The molecule has 0 aliphatic heterocycles. The minimum absolute atomic E-state index is 0.0213. The molecule has 0 radical (unpaired) electrons. The first-order valence-electron chi connectivity index (χ1n) is 15.7. The second kappa shape index (κ2) is 12.5. The predicted octanol–water partition coefficient (Wildman–Crippen LogP) is 6.95. The van der Waals surface area contributed by atoms with E-state index in [0.717, 1.165) is 28.3 Å². The van der Waals surface area contributed by atoms with Crippen LogP contribution in [-0.2, 0) is 31.6 Å². The van der Waals surface area contributed by atoms with E-state index in [-0.39, 0.29) is 17.9 Å². The second-order valence-corrected chi connectivity index (χ2v) is 17.2. The zero-order valence-electron chi connectivity index (χ0n) is 26.4. The largest absolute Gasteiger partial charge is 0.350 e. The van der Waals surface area contributed by atoms with E-state index in [4.69, 9.17) is 23.2 Å². The highest BCUT2D eigenvalue weighted by molar-refractivity contribution is 7.92. The molecule has 4 saturated carbocycles. The summed E-state index contributed by atoms with van der Waals surface area (Å²) in [5.74, 6) is 1.58. The number of halogens is 2. The standard InChI is InChI=1S/C34H45Cl2N3O4S/c1-6-30(32(41)37-33(2,3)4)38(20-25-7-10-27(35)16-29(25)36)31(40)21-39(44(5,42)43)28-11-8-26(9-12-28)34-17-22-13-23(18-34)15-24(14-22)19-34/h7-12,16,22-24,30H,6,13-15,17-21H2,1-5H3,(H,37,41)/t22?,23?,24?,30-,34?/m1/s1. The number of carbonyl (C=O) groups excluding carboxylic acids is 2. The van der Waals surface area contributed by atoms with Crippen molar-refractivity contribution < 1.29 is 18.0 Å². The molecular formula is C34H45Cl2N3O4S. The van der Waals surface area contributed by atoms with Crippen molar-refractivity contribution in [1.29, 1.82) is 0 Å². The second-order valence-electron chi connectivity index (χ2n) is 14.4. The van der Waals surface area contributed by atoms with Crippen LogP contribution in [0.4, 0.5) is 5.69 Å². The molecule has 4 bridgehead atoms. The number of rotatable bonds is 10. The van der Waals surface area contributed by atoms with Crippen LogP contribution >= 0.6 is 23.2 Å². The monoisotopic (exact) mass is 661 g/mol. The van der Waals surface area contributed by atoms with Crippen molar-refractivity contribution in [3.63, 3.8) is 0 Å². The number of benzene rings is 2. The number of hydrogen-bond acceptors (Lipinski definition) is 4. The maximum absolute atomic E-state index is 14.1. The van der Waals surface area contributed by atoms with Crippen LogP contribution in [0.5, 0.6) is 0 Å². The van der Waals surface area contributed by atoms with Gasteiger partial charge in [0, 0.05) is 22.1 Å². The molecule has 10 heteroatoms. The third kappa shape index (κ3) is 7.23. The summed E-state index contributed by atoms with van der Waals surface area (Å²) in [6.07, 6.45) is 9.13. The molecule has 4 fully saturated rings. The summed E-state index contributed by atoms with van der Waals surface area (Å²) < 4.78 is 27.4. The molecule has 7 nitrogen and oxygen atoms in total. The number of nitrogens with zero attached hydrogens (tertiary/aromatic N) is 2. The molecule has 2 aromatic carbocycles. The van der Waals surface area contributed by atoms with Crippen molar-refractivity contribution in [1.82, 2.24) is 10.2 Å². The van der Waals surface area contributed by atoms with E-state index in [2.05, 4.69) is 17.4 Å². The minimum Gasteiger partial charge on any atom is -0.350 e. The quantitative estimate of drug-likeness (QED) is 0.299. The lowest BCUT2D eigenvalue weighted by Crippen LogP contribution is -2.55. The number of anilines is 1. The first kappa shape index (κ1) is 33.1. The maximum atomic E-state index is 14.1. The summed E-state index contributed by atoms with van der Waals surface area (Å²) in [4.78, 5) is 28.9. The van der Waals surface area contributed by atoms with Gasteiger partial charge in [-0.2, -0.15) is 0 Å². The smallest absolute Gasteiger partial charge is 0.244 e. The highest BCUT2D eigenvalue weighted by Crippen LogP contribution is 2.60. The van der Waals surface area contributed by atoms with E-state index in [9.17, 15) is 18.0 Å². The van der Waals surface area contributed by atoms with Crippen molar-refractivity contribution >= 4 is 50.7 Å². The zero-order valence-corrected chi connectivity index (χ0v) is 28.7. The summed E-state index contributed by atoms with van der Waals surface area (Å²) >= 11 is 12.6. The van der Waals surface area contributed by atoms with Crippen LogP contribution in [0.1, 0.15) is 83.8 Å². The Morgan fingerprint density at radius 3 is 2.02 bits per heavy atom. The highest BCUT2D eigenvalue weighted by atomic mass is 35.5. The molecule has 1 N–H and O–H groups in total. The van der Waals surface area contributed by atoms with Crippen LogP contribution in [0, 0.1) is 17.8 Å². The van der Waals surface area contributed by atoms with Crippen molar-refractivity contribution in [3.8, 4) is 0 Å². The highest BCUT2D eigenvalue weighted by Gasteiger charge is 2.51. The SMILES string of the molecule is CC[C@H](C(=O)NC(C)(C)C)N(Cc1ccc(Cl)cc1Cl)C(=O)CN(c1ccc(C23CC4CC(CC(C4)C2)C3)cc1)S(C)(=O)=O. The number of sulfonamides is 1. The van der Waals surface area contributed by atoms with Gasteiger partial charge in [0.2, 0.25) is 21.8 Å². The fourth-order valence-electron chi connectivity index (χ4n) is 8.26. The van der Waals surface area contributed by atoms with Gasteiger partial charge < -0.3 is 10.2 Å². The molecule has 44 heavy (non-hydrogen) atoms. The molecule has 4 aliphatic carbocycles. The minimum atomic E-state index is -3.83. The van der Waals surface area contributed by atoms with Crippen LogP contribution < -0.4 is 9.62 Å². The van der Waals surface area contributed by atoms with Crippen LogP contribution in [-0.4, -0.2) is 49.5 Å². The van der Waals surface area contributed by atoms with Crippen molar-refractivity contribution in [2.24, 2.45) is 17.8 Å². The van der Waals surface area contributed by atoms with Crippen LogP contribution in [0.2, 0.25) is 10.0 Å². The Morgan fingerprint density at radius 1 is 0.977 bits per heavy atom. The maximum Gasteiger partial charge on any atom is 0.244 e. The van der Waals surface area contributed by atoms with Gasteiger partial charge >= 0.3 is 0 Å². The summed E-state index contributed by atoms with van der Waals surface area (Å²) in [6.45, 7) is 7.02. The van der Waals surface area contributed by atoms with E-state index in [1.54, 1.807) is 18.2 Å². The molecule has 4 aliphatic rings. The molecule has 0 saturated heterocycles. The fraction of sp³-hybridized carbons (Fsp3) is 0.588. The van der Waals surface area contributed by atoms with Crippen molar-refractivity contribution in [2.45, 2.75) is 96.2 Å². The van der Waals surface area contributed by atoms with Crippen LogP contribution in [0.3, 0.4) is 0 Å². The molecule has 0 spiro atoms. The summed E-state index contributed by atoms with van der Waals surface area (Å²) in [5, 5.41) is 3.79. The topological polar surface area (TPSA) is 86.8 Å². The van der Waals surface area contributed by atoms with Crippen LogP contribution in [0.15, 0.2) is 42.5 Å². The van der Waals surface area contributed by atoms with E-state index in [1.165, 1.54) is 49.0 Å². The van der Waals surface area contributed by atoms with Crippen molar-refractivity contribution in [2.75, 3.05) is 17.1 Å². The summed E-state index contributed by atoms with van der Waals surface area (Å²) in [5.41, 5.74) is 1.99. The van der Waals surface area contributed by atoms with Gasteiger partial charge in [-0.3, -0.25) is 13.9 Å². The van der Waals surface area contributed by atoms with E-state index < -0.39 is 34.1 Å². The van der Waals surface area contributed by atoms with Gasteiger partial charge in [0.05, 0.1) is 11.9 Å². The molecule has 2 aromatic rings. The third-order valence-electron chi connectivity index (χ3n) is 9.73. The number of hydrogen-bond donors (Lipinski definition) is 1. The lowest BCUT2D eigenvalue weighted by Gasteiger charge is -2.57. The number of nitrogens with one attached hydrogen (secondary N) is 1. The Bertz CT molecular complexity index is 1470. The molecular weight excluding hydrogens is 617 g/mol. The molecule has 1 atom stereocenters. The van der Waals surface area contributed by atoms with E-state index in [1.807, 2.05) is 39.8 Å². The average molecular weight is 663 g/mol. The van der Waals surface area contributed by atoms with Gasteiger partial charge in [0.15, 0.2) is 0 Å². The lowest BCUT2D eigenvalue weighted by atomic mass is 9.48. The Morgan fingerprint density at radius 2 is 1.55 bits per heavy atom. The van der Waals surface area contributed by atoms with Gasteiger partial charge in [-0.15, -0.1) is 0 Å². The zero-order chi connectivity index (χ0) is 32.0. The number of amides is 2.